The number of nitrogens with zero attached hydrogens (tertiary/aromatic N) is 4. The largest absolute Gasteiger partial charge is 0.437 e. The number of H-pyrrole nitrogens is 2. The number of fused-ring (bicyclic) bond motifs is 1. The Kier molecular flexibility index (Phi) is 4.81. The van der Waals surface area contributed by atoms with Crippen molar-refractivity contribution in [2.75, 3.05) is 0 Å². The molecule has 4 rings (SSSR count). The molecule has 0 spiro atoms. The monoisotopic (exact) mass is 464 g/mol. The Hall–Kier alpha value is -3.98. The molecule has 0 bridgehead atoms. The fourth-order valence-electron chi connectivity index (χ4n) is 2.88. The second kappa shape index (κ2) is 7.45. The van der Waals surface area contributed by atoms with E-state index in [-0.39, 0.29) is 11.4 Å². The number of aromatic nitrogens is 5. The summed E-state index contributed by atoms with van der Waals surface area (Å²) in [4.78, 5) is 37.7. The van der Waals surface area contributed by atoms with Crippen molar-refractivity contribution in [2.45, 2.75) is 0 Å². The van der Waals surface area contributed by atoms with Gasteiger partial charge in [0.2, 0.25) is 11.6 Å². The number of nitrogens with one attached hydrogen (secondary N) is 2. The molecule has 146 valence electrons. The Labute approximate surface area is 176 Å². The molecule has 2 aromatic heterocycles. The number of rotatable bonds is 3. The zero-order valence-corrected chi connectivity index (χ0v) is 16.8. The SMILES string of the molecule is Bc1cc(-n2nc(C#N)c(=O)[nH]c2=O)cc(Br)c1Oc1n[nH]c(=O)c2ccccc12. The van der Waals surface area contributed by atoms with Crippen LogP contribution in [0.2, 0.25) is 0 Å². The van der Waals surface area contributed by atoms with Gasteiger partial charge in [-0.05, 0) is 45.7 Å². The minimum absolute atomic E-state index is 0.202. The molecule has 0 radical (unpaired) electrons. The van der Waals surface area contributed by atoms with Crippen LogP contribution < -0.4 is 27.0 Å². The van der Waals surface area contributed by atoms with Crippen molar-refractivity contribution in [1.29, 1.82) is 5.26 Å². The quantitative estimate of drug-likeness (QED) is 0.400. The van der Waals surface area contributed by atoms with Crippen LogP contribution in [0, 0.1) is 11.3 Å². The van der Waals surface area contributed by atoms with Crippen molar-refractivity contribution in [3.8, 4) is 23.4 Å². The van der Waals surface area contributed by atoms with Crippen LogP contribution in [0.15, 0.2) is 55.3 Å². The minimum Gasteiger partial charge on any atom is -0.437 e. The third kappa shape index (κ3) is 3.31. The van der Waals surface area contributed by atoms with Crippen molar-refractivity contribution < 1.29 is 4.74 Å². The summed E-state index contributed by atoms with van der Waals surface area (Å²) in [5.74, 6) is 0.606. The first-order chi connectivity index (χ1) is 14.4. The Morgan fingerprint density at radius 2 is 1.87 bits per heavy atom. The van der Waals surface area contributed by atoms with E-state index in [9.17, 15) is 14.4 Å². The van der Waals surface area contributed by atoms with Gasteiger partial charge in [-0.2, -0.15) is 9.94 Å². The summed E-state index contributed by atoms with van der Waals surface area (Å²) in [5.41, 5.74) is -1.50. The smallest absolute Gasteiger partial charge is 0.349 e. The van der Waals surface area contributed by atoms with Gasteiger partial charge in [-0.1, -0.05) is 12.1 Å². The highest BCUT2D eigenvalue weighted by Crippen LogP contribution is 2.31. The lowest BCUT2D eigenvalue weighted by Crippen LogP contribution is -2.33. The molecular weight excluding hydrogens is 455 g/mol. The molecule has 0 aliphatic rings. The zero-order chi connectivity index (χ0) is 21.4. The van der Waals surface area contributed by atoms with E-state index in [2.05, 4.69) is 36.2 Å². The normalized spacial score (nSPS) is 10.7. The van der Waals surface area contributed by atoms with Gasteiger partial charge >= 0.3 is 5.69 Å². The molecular formula is C18H10BBrN6O4. The Morgan fingerprint density at radius 1 is 1.13 bits per heavy atom. The molecule has 0 amide bonds. The van der Waals surface area contributed by atoms with Crippen LogP contribution in [0.25, 0.3) is 16.5 Å². The molecule has 0 atom stereocenters. The van der Waals surface area contributed by atoms with Gasteiger partial charge in [-0.3, -0.25) is 14.6 Å². The van der Waals surface area contributed by atoms with Crippen molar-refractivity contribution in [3.05, 3.63) is 77.8 Å². The Balaban J connectivity index is 1.82. The fraction of sp³-hybridized carbons (Fsp3) is 0. The molecule has 30 heavy (non-hydrogen) atoms. The van der Waals surface area contributed by atoms with Gasteiger partial charge in [0.25, 0.3) is 11.1 Å². The maximum Gasteiger partial charge on any atom is 0.349 e. The van der Waals surface area contributed by atoms with Crippen LogP contribution in [0.1, 0.15) is 5.69 Å². The Morgan fingerprint density at radius 3 is 2.57 bits per heavy atom. The van der Waals surface area contributed by atoms with Gasteiger partial charge in [-0.25, -0.2) is 9.89 Å². The number of benzene rings is 2. The van der Waals surface area contributed by atoms with E-state index in [1.54, 1.807) is 50.3 Å². The molecule has 0 saturated carbocycles. The summed E-state index contributed by atoms with van der Waals surface area (Å²) in [6.45, 7) is 0. The van der Waals surface area contributed by atoms with Gasteiger partial charge in [0.05, 0.1) is 20.9 Å². The molecule has 2 N–H and O–H groups in total. The number of aromatic amines is 2. The van der Waals surface area contributed by atoms with Crippen LogP contribution in [-0.2, 0) is 0 Å². The summed E-state index contributed by atoms with van der Waals surface area (Å²) in [5, 5.41) is 20.1. The third-order valence-corrected chi connectivity index (χ3v) is 4.84. The van der Waals surface area contributed by atoms with Crippen molar-refractivity contribution in [3.63, 3.8) is 0 Å². The average molecular weight is 465 g/mol. The molecule has 2 heterocycles. The minimum atomic E-state index is -0.856. The third-order valence-electron chi connectivity index (χ3n) is 4.25. The topological polar surface area (TPSA) is 147 Å². The lowest BCUT2D eigenvalue weighted by atomic mass is 9.94. The fourth-order valence-corrected chi connectivity index (χ4v) is 3.50. The second-order valence-corrected chi connectivity index (χ2v) is 7.06. The van der Waals surface area contributed by atoms with Crippen LogP contribution >= 0.6 is 15.9 Å². The van der Waals surface area contributed by atoms with Gasteiger partial charge in [-0.15, -0.1) is 10.2 Å². The van der Waals surface area contributed by atoms with E-state index >= 15 is 0 Å². The van der Waals surface area contributed by atoms with Crippen molar-refractivity contribution in [2.24, 2.45) is 0 Å². The lowest BCUT2D eigenvalue weighted by molar-refractivity contribution is 0.462. The number of ether oxygens (including phenoxy) is 1. The number of hydrogen-bond acceptors (Lipinski definition) is 7. The first-order valence-electron chi connectivity index (χ1n) is 8.48. The Bertz CT molecular complexity index is 1510. The summed E-state index contributed by atoms with van der Waals surface area (Å²) >= 11 is 3.40. The number of nitriles is 1. The van der Waals surface area contributed by atoms with Crippen molar-refractivity contribution in [1.82, 2.24) is 25.0 Å². The standard InChI is InChI=1S/C18H10BBrN6O4/c19-11-5-8(26-18(29)22-16(28)13(7-21)25-26)6-12(20)14(11)30-17-10-4-2-1-3-9(10)15(27)23-24-17/h1-6H,19H2,(H,23,27)(H,22,28,29). The van der Waals surface area contributed by atoms with Crippen LogP contribution in [0.3, 0.4) is 0 Å². The highest BCUT2D eigenvalue weighted by Gasteiger charge is 2.15. The van der Waals surface area contributed by atoms with Crippen LogP contribution in [0.5, 0.6) is 11.6 Å². The zero-order valence-electron chi connectivity index (χ0n) is 15.3. The lowest BCUT2D eigenvalue weighted by Gasteiger charge is -2.14. The molecule has 4 aromatic rings. The summed E-state index contributed by atoms with van der Waals surface area (Å²) in [6.07, 6.45) is 0. The van der Waals surface area contributed by atoms with Gasteiger partial charge in [0.1, 0.15) is 19.7 Å². The average Bonchev–Trinajstić information content (AvgIpc) is 2.72. The number of halogens is 1. The summed E-state index contributed by atoms with van der Waals surface area (Å²) in [6, 6.07) is 11.7. The first kappa shape index (κ1) is 19.3. The molecule has 10 nitrogen and oxygen atoms in total. The van der Waals surface area contributed by atoms with E-state index in [1.807, 2.05) is 0 Å². The molecule has 0 fully saturated rings. The molecule has 12 heteroatoms. The maximum absolute atomic E-state index is 12.1. The molecule has 0 saturated heterocycles. The predicted molar refractivity (Wildman–Crippen MR) is 113 cm³/mol. The second-order valence-electron chi connectivity index (χ2n) is 6.21. The maximum atomic E-state index is 12.1. The molecule has 0 aliphatic heterocycles. The van der Waals surface area contributed by atoms with Crippen LogP contribution in [-0.4, -0.2) is 32.8 Å². The molecule has 2 aromatic carbocycles. The van der Waals surface area contributed by atoms with Gasteiger partial charge in [0, 0.05) is 0 Å². The van der Waals surface area contributed by atoms with E-state index in [4.69, 9.17) is 10.00 Å². The van der Waals surface area contributed by atoms with E-state index in [0.717, 1.165) is 4.68 Å². The van der Waals surface area contributed by atoms with Gasteiger partial charge < -0.3 is 4.74 Å². The molecule has 0 unspecified atom stereocenters. The van der Waals surface area contributed by atoms with Crippen LogP contribution in [0.4, 0.5) is 0 Å². The highest BCUT2D eigenvalue weighted by molar-refractivity contribution is 9.10. The van der Waals surface area contributed by atoms with E-state index < -0.39 is 16.9 Å². The summed E-state index contributed by atoms with van der Waals surface area (Å²) < 4.78 is 7.32. The first-order valence-corrected chi connectivity index (χ1v) is 9.28. The van der Waals surface area contributed by atoms with Crippen molar-refractivity contribution >= 4 is 40.0 Å². The van der Waals surface area contributed by atoms with E-state index in [1.165, 1.54) is 0 Å². The van der Waals surface area contributed by atoms with Gasteiger partial charge in [0.15, 0.2) is 0 Å². The number of hydrogen-bond donors (Lipinski definition) is 2. The molecule has 0 aliphatic carbocycles. The predicted octanol–water partition coefficient (Wildman–Crippen LogP) is -0.158. The van der Waals surface area contributed by atoms with E-state index in [0.29, 0.717) is 32.1 Å². The highest BCUT2D eigenvalue weighted by atomic mass is 79.9. The summed E-state index contributed by atoms with van der Waals surface area (Å²) in [7, 11) is 1.74.